The van der Waals surface area contributed by atoms with E-state index in [0.717, 1.165) is 33.5 Å². The minimum atomic E-state index is 0.364. The third-order valence-electron chi connectivity index (χ3n) is 5.63. The van der Waals surface area contributed by atoms with E-state index in [4.69, 9.17) is 32.7 Å². The molecule has 0 aliphatic heterocycles. The van der Waals surface area contributed by atoms with Crippen molar-refractivity contribution in [3.05, 3.63) is 106 Å². The van der Waals surface area contributed by atoms with Crippen LogP contribution in [0.25, 0.3) is 10.9 Å². The quantitative estimate of drug-likeness (QED) is 0.207. The van der Waals surface area contributed by atoms with Gasteiger partial charge in [-0.15, -0.1) is 0 Å². The van der Waals surface area contributed by atoms with Gasteiger partial charge >= 0.3 is 0 Å². The van der Waals surface area contributed by atoms with Crippen LogP contribution in [-0.4, -0.2) is 22.1 Å². The lowest BCUT2D eigenvalue weighted by Gasteiger charge is -2.13. The SMILES string of the molecule is COc1ccc(CNc2cc3c(Nc4ccc(OCc5cccc(Cl)c5)c(Cl)c4)ncnc3cn2)cc1. The number of rotatable bonds is 9. The van der Waals surface area contributed by atoms with Crippen LogP contribution in [0.4, 0.5) is 17.3 Å². The molecule has 0 unspecified atom stereocenters. The van der Waals surface area contributed by atoms with Gasteiger partial charge in [-0.1, -0.05) is 47.5 Å². The molecule has 9 heteroatoms. The zero-order valence-corrected chi connectivity index (χ0v) is 21.4. The molecule has 5 rings (SSSR count). The largest absolute Gasteiger partial charge is 0.497 e. The maximum absolute atomic E-state index is 6.50. The second kappa shape index (κ2) is 11.3. The fourth-order valence-electron chi connectivity index (χ4n) is 3.71. The highest BCUT2D eigenvalue weighted by Gasteiger charge is 2.09. The first-order valence-electron chi connectivity index (χ1n) is 11.5. The van der Waals surface area contributed by atoms with Gasteiger partial charge in [0.15, 0.2) is 0 Å². The van der Waals surface area contributed by atoms with Crippen molar-refractivity contribution >= 4 is 51.4 Å². The minimum Gasteiger partial charge on any atom is -0.497 e. The molecule has 0 fully saturated rings. The molecule has 186 valence electrons. The van der Waals surface area contributed by atoms with E-state index in [1.54, 1.807) is 19.4 Å². The van der Waals surface area contributed by atoms with Gasteiger partial charge in [-0.2, -0.15) is 0 Å². The van der Waals surface area contributed by atoms with Crippen LogP contribution in [-0.2, 0) is 13.2 Å². The lowest BCUT2D eigenvalue weighted by Crippen LogP contribution is -2.03. The molecule has 0 radical (unpaired) electrons. The number of ether oxygens (including phenoxy) is 2. The Morgan fingerprint density at radius 2 is 1.73 bits per heavy atom. The van der Waals surface area contributed by atoms with Gasteiger partial charge in [-0.25, -0.2) is 15.0 Å². The van der Waals surface area contributed by atoms with Gasteiger partial charge in [0.2, 0.25) is 0 Å². The lowest BCUT2D eigenvalue weighted by molar-refractivity contribution is 0.306. The summed E-state index contributed by atoms with van der Waals surface area (Å²) in [7, 11) is 1.65. The molecule has 2 aromatic heterocycles. The van der Waals surface area contributed by atoms with Crippen molar-refractivity contribution in [2.45, 2.75) is 13.2 Å². The number of methoxy groups -OCH3 is 1. The Bertz CT molecular complexity index is 1530. The van der Waals surface area contributed by atoms with Gasteiger partial charge in [-0.05, 0) is 59.7 Å². The van der Waals surface area contributed by atoms with Crippen molar-refractivity contribution in [2.24, 2.45) is 0 Å². The molecule has 0 aliphatic rings. The second-order valence-corrected chi connectivity index (χ2v) is 9.04. The number of benzene rings is 3. The maximum Gasteiger partial charge on any atom is 0.141 e. The van der Waals surface area contributed by atoms with Crippen molar-refractivity contribution in [1.82, 2.24) is 15.0 Å². The van der Waals surface area contributed by atoms with E-state index < -0.39 is 0 Å². The van der Waals surface area contributed by atoms with Crippen LogP contribution in [0.2, 0.25) is 10.0 Å². The molecule has 2 N–H and O–H groups in total. The normalized spacial score (nSPS) is 10.8. The van der Waals surface area contributed by atoms with Gasteiger partial charge in [0.05, 0.1) is 23.8 Å². The fourth-order valence-corrected chi connectivity index (χ4v) is 4.16. The van der Waals surface area contributed by atoms with Gasteiger partial charge < -0.3 is 20.1 Å². The molecule has 0 aliphatic carbocycles. The summed E-state index contributed by atoms with van der Waals surface area (Å²) in [5, 5.41) is 8.65. The van der Waals surface area contributed by atoms with E-state index in [2.05, 4.69) is 25.6 Å². The van der Waals surface area contributed by atoms with Crippen molar-refractivity contribution < 1.29 is 9.47 Å². The average molecular weight is 532 g/mol. The molecule has 7 nitrogen and oxygen atoms in total. The summed E-state index contributed by atoms with van der Waals surface area (Å²) in [4.78, 5) is 13.3. The summed E-state index contributed by atoms with van der Waals surface area (Å²) >= 11 is 12.6. The predicted molar refractivity (Wildman–Crippen MR) is 148 cm³/mol. The number of nitrogens with zero attached hydrogens (tertiary/aromatic N) is 3. The smallest absolute Gasteiger partial charge is 0.141 e. The Morgan fingerprint density at radius 3 is 2.51 bits per heavy atom. The predicted octanol–water partition coefficient (Wildman–Crippen LogP) is 7.27. The summed E-state index contributed by atoms with van der Waals surface area (Å²) in [6.45, 7) is 0.980. The average Bonchev–Trinajstić information content (AvgIpc) is 2.92. The van der Waals surface area contributed by atoms with E-state index in [0.29, 0.717) is 40.6 Å². The highest BCUT2D eigenvalue weighted by molar-refractivity contribution is 6.32. The van der Waals surface area contributed by atoms with Crippen LogP contribution < -0.4 is 20.1 Å². The number of halogens is 2. The molecule has 3 aromatic carbocycles. The molecule has 5 aromatic rings. The van der Waals surface area contributed by atoms with E-state index in [-0.39, 0.29) is 0 Å². The number of hydrogen-bond donors (Lipinski definition) is 2. The monoisotopic (exact) mass is 531 g/mol. The molecule has 0 saturated heterocycles. The summed E-state index contributed by atoms with van der Waals surface area (Å²) in [6, 6.07) is 22.8. The first-order valence-corrected chi connectivity index (χ1v) is 12.2. The molecule has 2 heterocycles. The molecule has 37 heavy (non-hydrogen) atoms. The van der Waals surface area contributed by atoms with E-state index in [1.165, 1.54) is 6.33 Å². The highest BCUT2D eigenvalue weighted by atomic mass is 35.5. The third kappa shape index (κ3) is 6.20. The molecule has 0 spiro atoms. The standard InChI is InChI=1S/C28H23Cl2N5O2/c1-36-22-8-5-18(6-9-22)14-31-27-13-23-25(15-32-27)33-17-34-28(23)35-21-7-10-26(24(30)12-21)37-16-19-3-2-4-20(29)11-19/h2-13,15,17H,14,16H2,1H3,(H,31,32)(H,33,34,35). The number of anilines is 3. The van der Waals surface area contributed by atoms with Crippen LogP contribution in [0, 0.1) is 0 Å². The van der Waals surface area contributed by atoms with E-state index in [1.807, 2.05) is 66.7 Å². The Morgan fingerprint density at radius 1 is 0.865 bits per heavy atom. The molecular weight excluding hydrogens is 509 g/mol. The number of pyridine rings is 1. The fraction of sp³-hybridized carbons (Fsp3) is 0.107. The highest BCUT2D eigenvalue weighted by Crippen LogP contribution is 2.31. The topological polar surface area (TPSA) is 81.2 Å². The molecule has 0 bridgehead atoms. The molecule has 0 atom stereocenters. The number of nitrogens with one attached hydrogen (secondary N) is 2. The minimum absolute atomic E-state index is 0.364. The van der Waals surface area contributed by atoms with Crippen LogP contribution in [0.3, 0.4) is 0 Å². The summed E-state index contributed by atoms with van der Waals surface area (Å²) in [6.07, 6.45) is 3.22. The summed E-state index contributed by atoms with van der Waals surface area (Å²) < 4.78 is 11.1. The Labute approximate surface area is 224 Å². The lowest BCUT2D eigenvalue weighted by atomic mass is 10.2. The molecule has 0 saturated carbocycles. The number of hydrogen-bond acceptors (Lipinski definition) is 7. The zero-order chi connectivity index (χ0) is 25.6. The van der Waals surface area contributed by atoms with Crippen LogP contribution in [0.15, 0.2) is 85.3 Å². The van der Waals surface area contributed by atoms with Crippen LogP contribution in [0.5, 0.6) is 11.5 Å². The molecular formula is C28H23Cl2N5O2. The summed E-state index contributed by atoms with van der Waals surface area (Å²) in [5.41, 5.74) is 3.56. The van der Waals surface area contributed by atoms with Crippen molar-refractivity contribution in [1.29, 1.82) is 0 Å². The van der Waals surface area contributed by atoms with Crippen molar-refractivity contribution in [3.8, 4) is 11.5 Å². The van der Waals surface area contributed by atoms with Gasteiger partial charge in [0.25, 0.3) is 0 Å². The third-order valence-corrected chi connectivity index (χ3v) is 6.16. The van der Waals surface area contributed by atoms with Crippen molar-refractivity contribution in [3.63, 3.8) is 0 Å². The first-order chi connectivity index (χ1) is 18.1. The first kappa shape index (κ1) is 24.6. The van der Waals surface area contributed by atoms with Gasteiger partial charge in [0.1, 0.15) is 36.1 Å². The second-order valence-electron chi connectivity index (χ2n) is 8.20. The summed E-state index contributed by atoms with van der Waals surface area (Å²) in [5.74, 6) is 2.75. The zero-order valence-electron chi connectivity index (χ0n) is 19.9. The van der Waals surface area contributed by atoms with Gasteiger partial charge in [0, 0.05) is 22.6 Å². The van der Waals surface area contributed by atoms with Crippen LogP contribution >= 0.6 is 23.2 Å². The number of aromatic nitrogens is 3. The Balaban J connectivity index is 1.29. The maximum atomic E-state index is 6.50. The van der Waals surface area contributed by atoms with Gasteiger partial charge in [-0.3, -0.25) is 0 Å². The Hall–Kier alpha value is -4.07. The number of fused-ring (bicyclic) bond motifs is 1. The van der Waals surface area contributed by atoms with Crippen LogP contribution in [0.1, 0.15) is 11.1 Å². The van der Waals surface area contributed by atoms with Crippen molar-refractivity contribution in [2.75, 3.05) is 17.7 Å². The van der Waals surface area contributed by atoms with E-state index in [9.17, 15) is 0 Å². The Kier molecular flexibility index (Phi) is 7.54. The van der Waals surface area contributed by atoms with E-state index >= 15 is 0 Å². The molecule has 0 amide bonds.